The van der Waals surface area contributed by atoms with Gasteiger partial charge in [0.2, 0.25) is 0 Å². The van der Waals surface area contributed by atoms with E-state index in [9.17, 15) is 0 Å². The lowest BCUT2D eigenvalue weighted by molar-refractivity contribution is 0.207. The summed E-state index contributed by atoms with van der Waals surface area (Å²) in [6.45, 7) is 4.93. The normalized spacial score (nSPS) is 16.2. The lowest BCUT2D eigenvalue weighted by Gasteiger charge is -2.18. The van der Waals surface area contributed by atoms with Crippen LogP contribution in [0.1, 0.15) is 38.7 Å². The topological polar surface area (TPSA) is 30.5 Å². The van der Waals surface area contributed by atoms with E-state index in [1.807, 2.05) is 19.1 Å². The van der Waals surface area contributed by atoms with E-state index in [-0.39, 0.29) is 6.10 Å². The molecule has 4 heteroatoms. The lowest BCUT2D eigenvalue weighted by atomic mass is 10.2. The zero-order valence-corrected chi connectivity index (χ0v) is 12.6. The Morgan fingerprint density at radius 1 is 1.42 bits per heavy atom. The van der Waals surface area contributed by atoms with E-state index < -0.39 is 0 Å². The quantitative estimate of drug-likeness (QED) is 0.826. The van der Waals surface area contributed by atoms with E-state index >= 15 is 0 Å². The second kappa shape index (κ2) is 6.49. The van der Waals surface area contributed by atoms with Gasteiger partial charge >= 0.3 is 0 Å². The summed E-state index contributed by atoms with van der Waals surface area (Å²) >= 11 is 6.31. The second-order valence-electron chi connectivity index (χ2n) is 5.10. The molecule has 1 aliphatic rings. The summed E-state index contributed by atoms with van der Waals surface area (Å²) in [5.41, 5.74) is 1.13. The minimum Gasteiger partial charge on any atom is -0.493 e. The van der Waals surface area contributed by atoms with Crippen LogP contribution in [0.3, 0.4) is 0 Å². The van der Waals surface area contributed by atoms with Gasteiger partial charge in [-0.1, -0.05) is 18.5 Å². The zero-order chi connectivity index (χ0) is 13.8. The van der Waals surface area contributed by atoms with Crippen LogP contribution in [0.15, 0.2) is 12.1 Å². The highest BCUT2D eigenvalue weighted by Gasteiger charge is 2.21. The SMILES string of the molecule is CCC(C)Oc1c(Cl)cc(CNC2CC2)cc1OC. The van der Waals surface area contributed by atoms with Crippen molar-refractivity contribution in [1.82, 2.24) is 5.32 Å². The Balaban J connectivity index is 2.13. The third-order valence-electron chi connectivity index (χ3n) is 3.36. The fraction of sp³-hybridized carbons (Fsp3) is 0.600. The van der Waals surface area contributed by atoms with Crippen molar-refractivity contribution >= 4 is 11.6 Å². The Labute approximate surface area is 120 Å². The smallest absolute Gasteiger partial charge is 0.180 e. The molecule has 1 N–H and O–H groups in total. The van der Waals surface area contributed by atoms with Gasteiger partial charge < -0.3 is 14.8 Å². The van der Waals surface area contributed by atoms with Gasteiger partial charge in [-0.25, -0.2) is 0 Å². The average Bonchev–Trinajstić information content (AvgIpc) is 3.22. The molecule has 106 valence electrons. The molecule has 1 aromatic rings. The predicted octanol–water partition coefficient (Wildman–Crippen LogP) is 3.78. The molecule has 0 spiro atoms. The van der Waals surface area contributed by atoms with Crippen molar-refractivity contribution in [2.75, 3.05) is 7.11 Å². The molecule has 0 aromatic heterocycles. The first-order valence-corrected chi connectivity index (χ1v) is 7.28. The van der Waals surface area contributed by atoms with E-state index in [2.05, 4.69) is 12.2 Å². The van der Waals surface area contributed by atoms with Gasteiger partial charge in [0.25, 0.3) is 0 Å². The highest BCUT2D eigenvalue weighted by Crippen LogP contribution is 2.37. The molecule has 3 nitrogen and oxygen atoms in total. The largest absolute Gasteiger partial charge is 0.493 e. The van der Waals surface area contributed by atoms with Gasteiger partial charge in [0.05, 0.1) is 18.2 Å². The Morgan fingerprint density at radius 2 is 2.16 bits per heavy atom. The first kappa shape index (κ1) is 14.5. The van der Waals surface area contributed by atoms with E-state index in [4.69, 9.17) is 21.1 Å². The van der Waals surface area contributed by atoms with Crippen molar-refractivity contribution in [3.8, 4) is 11.5 Å². The Bertz CT molecular complexity index is 432. The molecule has 19 heavy (non-hydrogen) atoms. The van der Waals surface area contributed by atoms with Crippen LogP contribution in [0.25, 0.3) is 0 Å². The molecule has 1 unspecified atom stereocenters. The van der Waals surface area contributed by atoms with Gasteiger partial charge in [-0.3, -0.25) is 0 Å². The molecule has 2 rings (SSSR count). The van der Waals surface area contributed by atoms with Crippen LogP contribution >= 0.6 is 11.6 Å². The van der Waals surface area contributed by atoms with Crippen molar-refractivity contribution in [2.24, 2.45) is 0 Å². The van der Waals surface area contributed by atoms with E-state index in [0.29, 0.717) is 22.6 Å². The highest BCUT2D eigenvalue weighted by atomic mass is 35.5. The van der Waals surface area contributed by atoms with Crippen molar-refractivity contribution in [1.29, 1.82) is 0 Å². The van der Waals surface area contributed by atoms with Crippen LogP contribution in [0.4, 0.5) is 0 Å². The first-order valence-electron chi connectivity index (χ1n) is 6.90. The van der Waals surface area contributed by atoms with Crippen LogP contribution in [-0.2, 0) is 6.54 Å². The number of ether oxygens (including phenoxy) is 2. The molecule has 0 aliphatic heterocycles. The van der Waals surface area contributed by atoms with Gasteiger partial charge in [0, 0.05) is 12.6 Å². The van der Waals surface area contributed by atoms with Crippen LogP contribution in [0.5, 0.6) is 11.5 Å². The molecule has 1 saturated carbocycles. The maximum atomic E-state index is 6.31. The van der Waals surface area contributed by atoms with Crippen LogP contribution in [-0.4, -0.2) is 19.3 Å². The second-order valence-corrected chi connectivity index (χ2v) is 5.51. The van der Waals surface area contributed by atoms with Gasteiger partial charge in [0.1, 0.15) is 0 Å². The number of benzene rings is 1. The van der Waals surface area contributed by atoms with E-state index in [1.165, 1.54) is 12.8 Å². The summed E-state index contributed by atoms with van der Waals surface area (Å²) in [5, 5.41) is 4.09. The number of methoxy groups -OCH3 is 1. The van der Waals surface area contributed by atoms with Crippen molar-refractivity contribution < 1.29 is 9.47 Å². The zero-order valence-electron chi connectivity index (χ0n) is 11.8. The number of hydrogen-bond acceptors (Lipinski definition) is 3. The maximum absolute atomic E-state index is 6.31. The number of hydrogen-bond donors (Lipinski definition) is 1. The Hall–Kier alpha value is -0.930. The molecule has 0 amide bonds. The van der Waals surface area contributed by atoms with Crippen molar-refractivity contribution in [3.63, 3.8) is 0 Å². The van der Waals surface area contributed by atoms with Gasteiger partial charge in [-0.15, -0.1) is 0 Å². The molecule has 1 fully saturated rings. The fourth-order valence-corrected chi connectivity index (χ4v) is 2.10. The third-order valence-corrected chi connectivity index (χ3v) is 3.64. The summed E-state index contributed by atoms with van der Waals surface area (Å²) in [6, 6.07) is 4.64. The predicted molar refractivity (Wildman–Crippen MR) is 78.2 cm³/mol. The van der Waals surface area contributed by atoms with Gasteiger partial charge in [-0.2, -0.15) is 0 Å². The highest BCUT2D eigenvalue weighted by molar-refractivity contribution is 6.32. The Kier molecular flexibility index (Phi) is 4.94. The summed E-state index contributed by atoms with van der Waals surface area (Å²) < 4.78 is 11.2. The summed E-state index contributed by atoms with van der Waals surface area (Å²) in [6.07, 6.45) is 3.62. The molecular formula is C15H22ClNO2. The molecule has 1 aromatic carbocycles. The van der Waals surface area contributed by atoms with E-state index in [1.54, 1.807) is 7.11 Å². The van der Waals surface area contributed by atoms with Crippen molar-refractivity contribution in [3.05, 3.63) is 22.7 Å². The van der Waals surface area contributed by atoms with E-state index in [0.717, 1.165) is 18.5 Å². The molecule has 1 atom stereocenters. The molecule has 0 saturated heterocycles. The summed E-state index contributed by atoms with van der Waals surface area (Å²) in [4.78, 5) is 0. The fourth-order valence-electron chi connectivity index (χ4n) is 1.82. The summed E-state index contributed by atoms with van der Waals surface area (Å²) in [7, 11) is 1.65. The minimum atomic E-state index is 0.127. The molecule has 0 heterocycles. The van der Waals surface area contributed by atoms with Gasteiger partial charge in [0.15, 0.2) is 11.5 Å². The third kappa shape index (κ3) is 4.02. The molecular weight excluding hydrogens is 262 g/mol. The van der Waals surface area contributed by atoms with Crippen molar-refractivity contribution in [2.45, 2.75) is 51.8 Å². The van der Waals surface area contributed by atoms with Crippen LogP contribution in [0, 0.1) is 0 Å². The number of rotatable bonds is 7. The minimum absolute atomic E-state index is 0.127. The molecule has 0 radical (unpaired) electrons. The van der Waals surface area contributed by atoms with Crippen LogP contribution in [0.2, 0.25) is 5.02 Å². The molecule has 0 bridgehead atoms. The molecule has 1 aliphatic carbocycles. The first-order chi connectivity index (χ1) is 9.13. The maximum Gasteiger partial charge on any atom is 0.180 e. The lowest BCUT2D eigenvalue weighted by Crippen LogP contribution is -2.16. The average molecular weight is 284 g/mol. The number of nitrogens with one attached hydrogen (secondary N) is 1. The Morgan fingerprint density at radius 3 is 2.74 bits per heavy atom. The summed E-state index contributed by atoms with van der Waals surface area (Å²) in [5.74, 6) is 1.36. The van der Waals surface area contributed by atoms with Gasteiger partial charge in [-0.05, 0) is 43.9 Å². The number of halogens is 1. The standard InChI is InChI=1S/C15H22ClNO2/c1-4-10(2)19-15-13(16)7-11(8-14(15)18-3)9-17-12-5-6-12/h7-8,10,12,17H,4-6,9H2,1-3H3. The van der Waals surface area contributed by atoms with Crippen LogP contribution < -0.4 is 14.8 Å². The monoisotopic (exact) mass is 283 g/mol.